The Morgan fingerprint density at radius 3 is 2.67 bits per heavy atom. The van der Waals surface area contributed by atoms with E-state index in [0.29, 0.717) is 11.9 Å². The average molecular weight is 409 g/mol. The highest BCUT2D eigenvalue weighted by Gasteiger charge is 2.20. The predicted molar refractivity (Wildman–Crippen MR) is 118 cm³/mol. The molecule has 158 valence electrons. The zero-order chi connectivity index (χ0) is 21.5. The first-order valence-corrected chi connectivity index (χ1v) is 10.2. The summed E-state index contributed by atoms with van der Waals surface area (Å²) >= 11 is 0. The van der Waals surface area contributed by atoms with Crippen molar-refractivity contribution in [3.8, 4) is 5.75 Å². The molecule has 0 aliphatic heterocycles. The van der Waals surface area contributed by atoms with E-state index in [9.17, 15) is 9.59 Å². The fourth-order valence-electron chi connectivity index (χ4n) is 3.61. The smallest absolute Gasteiger partial charge is 0.275 e. The van der Waals surface area contributed by atoms with Gasteiger partial charge in [-0.2, -0.15) is 5.10 Å². The van der Waals surface area contributed by atoms with Crippen molar-refractivity contribution in [2.45, 2.75) is 26.4 Å². The topological polar surface area (TPSA) is 76.5 Å². The molecule has 0 saturated carbocycles. The molecule has 1 heterocycles. The molecule has 7 nitrogen and oxygen atoms in total. The summed E-state index contributed by atoms with van der Waals surface area (Å²) in [6, 6.07) is 15.1. The first-order chi connectivity index (χ1) is 14.6. The van der Waals surface area contributed by atoms with Crippen LogP contribution in [-0.4, -0.2) is 47.3 Å². The van der Waals surface area contributed by atoms with Crippen LogP contribution in [0.3, 0.4) is 0 Å². The van der Waals surface area contributed by atoms with Crippen LogP contribution in [0.1, 0.15) is 25.5 Å². The van der Waals surface area contributed by atoms with Crippen molar-refractivity contribution in [3.63, 3.8) is 0 Å². The SMILES string of the molecule is CCN(CC)C(CNC(=O)Cn1ncc2ccccc2c1=O)c1cccc(OC)c1. The number of fused-ring (bicyclic) bond motifs is 1. The van der Waals surface area contributed by atoms with E-state index in [1.807, 2.05) is 36.4 Å². The van der Waals surface area contributed by atoms with Crippen LogP contribution in [-0.2, 0) is 11.3 Å². The molecule has 3 aromatic rings. The molecule has 0 spiro atoms. The van der Waals surface area contributed by atoms with Crippen LogP contribution >= 0.6 is 0 Å². The first kappa shape index (κ1) is 21.5. The highest BCUT2D eigenvalue weighted by molar-refractivity contribution is 5.81. The number of hydrogen-bond donors (Lipinski definition) is 1. The van der Waals surface area contributed by atoms with Crippen LogP contribution in [0.25, 0.3) is 10.8 Å². The summed E-state index contributed by atoms with van der Waals surface area (Å²) in [4.78, 5) is 27.5. The number of methoxy groups -OCH3 is 1. The number of nitrogens with one attached hydrogen (secondary N) is 1. The zero-order valence-electron chi connectivity index (χ0n) is 17.7. The molecule has 0 saturated heterocycles. The Morgan fingerprint density at radius 1 is 1.17 bits per heavy atom. The molecule has 0 bridgehead atoms. The number of amides is 1. The van der Waals surface area contributed by atoms with Crippen LogP contribution in [0.5, 0.6) is 5.75 Å². The lowest BCUT2D eigenvalue weighted by atomic mass is 10.0. The predicted octanol–water partition coefficient (Wildman–Crippen LogP) is 2.60. The van der Waals surface area contributed by atoms with Crippen molar-refractivity contribution >= 4 is 16.7 Å². The molecule has 1 amide bonds. The number of rotatable bonds is 9. The normalized spacial score (nSPS) is 12.1. The summed E-state index contributed by atoms with van der Waals surface area (Å²) in [6.07, 6.45) is 1.61. The van der Waals surface area contributed by atoms with Gasteiger partial charge in [0.05, 0.1) is 24.7 Å². The maximum Gasteiger partial charge on any atom is 0.275 e. The van der Waals surface area contributed by atoms with Gasteiger partial charge in [-0.1, -0.05) is 44.2 Å². The Hall–Kier alpha value is -3.19. The molecule has 0 fully saturated rings. The fraction of sp³-hybridized carbons (Fsp3) is 0.348. The Bertz CT molecular complexity index is 1060. The summed E-state index contributed by atoms with van der Waals surface area (Å²) in [5.41, 5.74) is 0.802. The zero-order valence-corrected chi connectivity index (χ0v) is 17.7. The van der Waals surface area contributed by atoms with Gasteiger partial charge in [-0.15, -0.1) is 0 Å². The lowest BCUT2D eigenvalue weighted by Crippen LogP contribution is -2.40. The number of ether oxygens (including phenoxy) is 1. The Labute approximate surface area is 176 Å². The van der Waals surface area contributed by atoms with Crippen molar-refractivity contribution in [2.24, 2.45) is 0 Å². The van der Waals surface area contributed by atoms with Crippen LogP contribution in [0.4, 0.5) is 0 Å². The van der Waals surface area contributed by atoms with E-state index >= 15 is 0 Å². The number of aromatic nitrogens is 2. The minimum absolute atomic E-state index is 0.000310. The molecule has 30 heavy (non-hydrogen) atoms. The standard InChI is InChI=1S/C23H28N4O3/c1-4-26(5-2)21(17-10-8-11-19(13-17)30-3)15-24-22(28)16-27-23(29)20-12-7-6-9-18(20)14-25-27/h6-14,21H,4-5,15-16H2,1-3H3,(H,24,28). The largest absolute Gasteiger partial charge is 0.497 e. The summed E-state index contributed by atoms with van der Waals surface area (Å²) < 4.78 is 6.56. The summed E-state index contributed by atoms with van der Waals surface area (Å²) in [5.74, 6) is 0.530. The number of likely N-dealkylation sites (N-methyl/N-ethyl adjacent to an activating group) is 1. The second kappa shape index (κ2) is 10.0. The van der Waals surface area contributed by atoms with E-state index in [1.54, 1.807) is 25.4 Å². The number of benzene rings is 2. The van der Waals surface area contributed by atoms with Gasteiger partial charge in [0, 0.05) is 11.9 Å². The molecule has 0 aliphatic carbocycles. The molecule has 1 N–H and O–H groups in total. The van der Waals surface area contributed by atoms with Crippen molar-refractivity contribution in [1.82, 2.24) is 20.0 Å². The van der Waals surface area contributed by atoms with E-state index in [4.69, 9.17) is 4.74 Å². The van der Waals surface area contributed by atoms with Gasteiger partial charge in [-0.25, -0.2) is 4.68 Å². The van der Waals surface area contributed by atoms with Crippen molar-refractivity contribution in [3.05, 3.63) is 70.6 Å². The lowest BCUT2D eigenvalue weighted by molar-refractivity contribution is -0.122. The van der Waals surface area contributed by atoms with Gasteiger partial charge in [-0.05, 0) is 36.9 Å². The fourth-order valence-corrected chi connectivity index (χ4v) is 3.61. The monoisotopic (exact) mass is 408 g/mol. The van der Waals surface area contributed by atoms with Crippen LogP contribution in [0, 0.1) is 0 Å². The van der Waals surface area contributed by atoms with Crippen LogP contribution < -0.4 is 15.6 Å². The van der Waals surface area contributed by atoms with Gasteiger partial charge < -0.3 is 10.1 Å². The molecule has 1 aromatic heterocycles. The van der Waals surface area contributed by atoms with Gasteiger partial charge in [0.1, 0.15) is 12.3 Å². The average Bonchev–Trinajstić information content (AvgIpc) is 2.78. The number of carbonyl (C=O) groups excluding carboxylic acids is 1. The quantitative estimate of drug-likeness (QED) is 0.589. The van der Waals surface area contributed by atoms with E-state index in [1.165, 1.54) is 4.68 Å². The minimum Gasteiger partial charge on any atom is -0.497 e. The highest BCUT2D eigenvalue weighted by atomic mass is 16.5. The summed E-state index contributed by atoms with van der Waals surface area (Å²) in [6.45, 7) is 6.19. The third kappa shape index (κ3) is 4.86. The molecular formula is C23H28N4O3. The minimum atomic E-state index is -0.267. The number of hydrogen-bond acceptors (Lipinski definition) is 5. The molecule has 2 aromatic carbocycles. The van der Waals surface area contributed by atoms with Gasteiger partial charge in [0.15, 0.2) is 0 Å². The third-order valence-electron chi connectivity index (χ3n) is 5.28. The van der Waals surface area contributed by atoms with Crippen molar-refractivity contribution in [2.75, 3.05) is 26.7 Å². The second-order valence-electron chi connectivity index (χ2n) is 7.01. The molecule has 1 atom stereocenters. The molecule has 0 radical (unpaired) electrons. The highest BCUT2D eigenvalue weighted by Crippen LogP contribution is 2.23. The Balaban J connectivity index is 1.74. The van der Waals surface area contributed by atoms with Gasteiger partial charge >= 0.3 is 0 Å². The summed E-state index contributed by atoms with van der Waals surface area (Å²) in [7, 11) is 1.64. The van der Waals surface area contributed by atoms with Crippen LogP contribution in [0.2, 0.25) is 0 Å². The van der Waals surface area contributed by atoms with Crippen LogP contribution in [0.15, 0.2) is 59.5 Å². The first-order valence-electron chi connectivity index (χ1n) is 10.2. The lowest BCUT2D eigenvalue weighted by Gasteiger charge is -2.30. The van der Waals surface area contributed by atoms with Crippen molar-refractivity contribution in [1.29, 1.82) is 0 Å². The number of nitrogens with zero attached hydrogens (tertiary/aromatic N) is 3. The van der Waals surface area contributed by atoms with Crippen molar-refractivity contribution < 1.29 is 9.53 Å². The molecular weight excluding hydrogens is 380 g/mol. The van der Waals surface area contributed by atoms with Gasteiger partial charge in [-0.3, -0.25) is 14.5 Å². The Kier molecular flexibility index (Phi) is 7.19. The molecule has 7 heteroatoms. The number of carbonyl (C=O) groups is 1. The molecule has 3 rings (SSSR count). The molecule has 1 unspecified atom stereocenters. The third-order valence-corrected chi connectivity index (χ3v) is 5.28. The summed E-state index contributed by atoms with van der Waals surface area (Å²) in [5, 5.41) is 8.42. The van der Waals surface area contributed by atoms with E-state index in [-0.39, 0.29) is 24.1 Å². The van der Waals surface area contributed by atoms with E-state index in [0.717, 1.165) is 29.8 Å². The van der Waals surface area contributed by atoms with Gasteiger partial charge in [0.2, 0.25) is 5.91 Å². The second-order valence-corrected chi connectivity index (χ2v) is 7.01. The van der Waals surface area contributed by atoms with E-state index in [2.05, 4.69) is 29.2 Å². The maximum atomic E-state index is 12.6. The molecule has 0 aliphatic rings. The van der Waals surface area contributed by atoms with E-state index < -0.39 is 0 Å². The Morgan fingerprint density at radius 2 is 1.93 bits per heavy atom. The maximum absolute atomic E-state index is 12.6. The van der Waals surface area contributed by atoms with Gasteiger partial charge in [0.25, 0.3) is 5.56 Å².